The van der Waals surface area contributed by atoms with E-state index in [0.717, 1.165) is 64.2 Å². The summed E-state index contributed by atoms with van der Waals surface area (Å²) in [4.78, 5) is 37.6. The minimum atomic E-state index is -0.757. The van der Waals surface area contributed by atoms with Gasteiger partial charge in [-0.25, -0.2) is 0 Å². The Labute approximate surface area is 348 Å². The summed E-state index contributed by atoms with van der Waals surface area (Å²) in [5.41, 5.74) is 0. The Kier molecular flexibility index (Phi) is 44.8. The molecule has 0 aromatic rings. The van der Waals surface area contributed by atoms with E-state index in [9.17, 15) is 14.4 Å². The molecule has 6 heteroatoms. The van der Waals surface area contributed by atoms with E-state index in [1.807, 2.05) is 0 Å². The molecule has 0 aliphatic heterocycles. The Bertz CT molecular complexity index is 828. The van der Waals surface area contributed by atoms with Crippen molar-refractivity contribution in [1.82, 2.24) is 0 Å². The third-order valence-electron chi connectivity index (χ3n) is 11.4. The Balaban J connectivity index is 4.10. The fourth-order valence-corrected chi connectivity index (χ4v) is 7.56. The lowest BCUT2D eigenvalue weighted by atomic mass is 10.0. The molecule has 0 N–H and O–H groups in total. The maximum absolute atomic E-state index is 12.7. The topological polar surface area (TPSA) is 78.9 Å². The van der Waals surface area contributed by atoms with Crippen molar-refractivity contribution in [2.24, 2.45) is 0 Å². The van der Waals surface area contributed by atoms with Crippen LogP contribution in [0.5, 0.6) is 0 Å². The lowest BCUT2D eigenvalue weighted by molar-refractivity contribution is -0.167. The van der Waals surface area contributed by atoms with Crippen molar-refractivity contribution in [2.75, 3.05) is 13.2 Å². The highest BCUT2D eigenvalue weighted by Gasteiger charge is 2.19. The molecule has 0 aromatic heterocycles. The quantitative estimate of drug-likeness (QED) is 0.0347. The average molecular weight is 793 g/mol. The van der Waals surface area contributed by atoms with Crippen molar-refractivity contribution in [3.05, 3.63) is 0 Å². The van der Waals surface area contributed by atoms with Crippen molar-refractivity contribution in [3.8, 4) is 0 Å². The number of hydrogen-bond acceptors (Lipinski definition) is 6. The van der Waals surface area contributed by atoms with E-state index in [1.54, 1.807) is 0 Å². The van der Waals surface area contributed by atoms with Crippen molar-refractivity contribution in [2.45, 2.75) is 290 Å². The summed E-state index contributed by atoms with van der Waals surface area (Å²) in [6.07, 6.45) is 48.3. The number of esters is 3. The summed E-state index contributed by atoms with van der Waals surface area (Å²) in [6.45, 7) is 6.60. The monoisotopic (exact) mass is 793 g/mol. The van der Waals surface area contributed by atoms with Gasteiger partial charge in [0.1, 0.15) is 13.2 Å². The number of unbranched alkanes of at least 4 members (excludes halogenated alkanes) is 35. The SMILES string of the molecule is CCCCCCCCCCCCCCCCCCCCC(=O)OC[C@H](COC(=O)CCCCCCC)OC(=O)CCCCCCCCCCCCCCCCC. The van der Waals surface area contributed by atoms with Crippen LogP contribution in [0.1, 0.15) is 284 Å². The highest BCUT2D eigenvalue weighted by Crippen LogP contribution is 2.17. The normalized spacial score (nSPS) is 11.8. The molecule has 0 radical (unpaired) electrons. The van der Waals surface area contributed by atoms with Crippen LogP contribution in [-0.4, -0.2) is 37.2 Å². The second-order valence-corrected chi connectivity index (χ2v) is 17.1. The van der Waals surface area contributed by atoms with Gasteiger partial charge in [0.15, 0.2) is 6.10 Å². The van der Waals surface area contributed by atoms with Crippen LogP contribution in [0.3, 0.4) is 0 Å². The molecule has 0 saturated carbocycles. The highest BCUT2D eigenvalue weighted by atomic mass is 16.6. The van der Waals surface area contributed by atoms with Gasteiger partial charge in [-0.3, -0.25) is 14.4 Å². The fourth-order valence-electron chi connectivity index (χ4n) is 7.56. The van der Waals surface area contributed by atoms with E-state index >= 15 is 0 Å². The van der Waals surface area contributed by atoms with Gasteiger partial charge in [0.05, 0.1) is 0 Å². The summed E-state index contributed by atoms with van der Waals surface area (Å²) >= 11 is 0. The molecule has 6 nitrogen and oxygen atoms in total. The Morgan fingerprint density at radius 3 is 0.714 bits per heavy atom. The van der Waals surface area contributed by atoms with E-state index in [1.165, 1.54) is 180 Å². The van der Waals surface area contributed by atoms with Gasteiger partial charge in [-0.05, 0) is 19.3 Å². The van der Waals surface area contributed by atoms with Crippen molar-refractivity contribution in [1.29, 1.82) is 0 Å². The first kappa shape index (κ1) is 54.4. The second-order valence-electron chi connectivity index (χ2n) is 17.1. The van der Waals surface area contributed by atoms with Gasteiger partial charge in [0.25, 0.3) is 0 Å². The number of carbonyl (C=O) groups excluding carboxylic acids is 3. The summed E-state index contributed by atoms with van der Waals surface area (Å²) < 4.78 is 16.7. The second kappa shape index (κ2) is 46.1. The Morgan fingerprint density at radius 1 is 0.286 bits per heavy atom. The highest BCUT2D eigenvalue weighted by molar-refractivity contribution is 5.71. The van der Waals surface area contributed by atoms with Crippen LogP contribution in [-0.2, 0) is 28.6 Å². The third kappa shape index (κ3) is 43.5. The van der Waals surface area contributed by atoms with Crippen LogP contribution in [0.25, 0.3) is 0 Å². The first-order chi connectivity index (χ1) is 27.5. The number of carbonyl (C=O) groups is 3. The van der Waals surface area contributed by atoms with Crippen LogP contribution < -0.4 is 0 Å². The molecule has 0 aliphatic carbocycles. The number of rotatable bonds is 46. The zero-order valence-electron chi connectivity index (χ0n) is 37.9. The van der Waals surface area contributed by atoms with Crippen LogP contribution in [0, 0.1) is 0 Å². The van der Waals surface area contributed by atoms with Gasteiger partial charge in [0, 0.05) is 19.3 Å². The maximum Gasteiger partial charge on any atom is 0.306 e. The van der Waals surface area contributed by atoms with Crippen molar-refractivity contribution >= 4 is 17.9 Å². The smallest absolute Gasteiger partial charge is 0.306 e. The molecule has 0 saturated heterocycles. The van der Waals surface area contributed by atoms with Crippen molar-refractivity contribution in [3.63, 3.8) is 0 Å². The Hall–Kier alpha value is -1.59. The molecular formula is C50H96O6. The summed E-state index contributed by atoms with van der Waals surface area (Å²) in [7, 11) is 0. The summed E-state index contributed by atoms with van der Waals surface area (Å²) in [5.74, 6) is -0.859. The molecule has 0 spiro atoms. The molecule has 0 bridgehead atoms. The molecule has 0 amide bonds. The van der Waals surface area contributed by atoms with Gasteiger partial charge in [-0.2, -0.15) is 0 Å². The molecule has 0 aliphatic rings. The van der Waals surface area contributed by atoms with Crippen LogP contribution in [0.4, 0.5) is 0 Å². The summed E-state index contributed by atoms with van der Waals surface area (Å²) in [6, 6.07) is 0. The van der Waals surface area contributed by atoms with Crippen LogP contribution in [0.2, 0.25) is 0 Å². The molecule has 0 rings (SSSR count). The van der Waals surface area contributed by atoms with Crippen LogP contribution >= 0.6 is 0 Å². The maximum atomic E-state index is 12.7. The van der Waals surface area contributed by atoms with E-state index < -0.39 is 6.10 Å². The Morgan fingerprint density at radius 2 is 0.482 bits per heavy atom. The third-order valence-corrected chi connectivity index (χ3v) is 11.4. The zero-order chi connectivity index (χ0) is 40.8. The van der Waals surface area contributed by atoms with E-state index in [0.29, 0.717) is 19.3 Å². The van der Waals surface area contributed by atoms with E-state index in [-0.39, 0.29) is 31.1 Å². The van der Waals surface area contributed by atoms with Gasteiger partial charge in [0.2, 0.25) is 0 Å². The lowest BCUT2D eigenvalue weighted by Crippen LogP contribution is -2.30. The molecule has 0 fully saturated rings. The zero-order valence-corrected chi connectivity index (χ0v) is 37.9. The number of ether oxygens (including phenoxy) is 3. The van der Waals surface area contributed by atoms with Gasteiger partial charge >= 0.3 is 17.9 Å². The van der Waals surface area contributed by atoms with E-state index in [2.05, 4.69) is 20.8 Å². The predicted molar refractivity (Wildman–Crippen MR) is 238 cm³/mol. The van der Waals surface area contributed by atoms with Crippen LogP contribution in [0.15, 0.2) is 0 Å². The molecule has 0 heterocycles. The predicted octanol–water partition coefficient (Wildman–Crippen LogP) is 16.0. The first-order valence-corrected chi connectivity index (χ1v) is 25.0. The molecule has 0 unspecified atom stereocenters. The molecule has 0 aromatic carbocycles. The van der Waals surface area contributed by atoms with E-state index in [4.69, 9.17) is 14.2 Å². The largest absolute Gasteiger partial charge is 0.462 e. The minimum Gasteiger partial charge on any atom is -0.462 e. The average Bonchev–Trinajstić information content (AvgIpc) is 3.19. The lowest BCUT2D eigenvalue weighted by Gasteiger charge is -2.18. The van der Waals surface area contributed by atoms with Gasteiger partial charge in [-0.1, -0.05) is 245 Å². The van der Waals surface area contributed by atoms with Crippen molar-refractivity contribution < 1.29 is 28.6 Å². The summed E-state index contributed by atoms with van der Waals surface area (Å²) in [5, 5.41) is 0. The standard InChI is InChI=1S/C50H96O6/c1-4-7-10-13-15-17-19-21-23-24-25-27-28-30-32-34-37-40-43-49(52)55-46-47(45-54-48(51)42-39-36-12-9-6-3)56-50(53)44-41-38-35-33-31-29-26-22-20-18-16-14-11-8-5-2/h47H,4-46H2,1-3H3/t47-/m0/s1. The first-order valence-electron chi connectivity index (χ1n) is 25.0. The van der Waals surface area contributed by atoms with Gasteiger partial charge < -0.3 is 14.2 Å². The molecule has 1 atom stereocenters. The fraction of sp³-hybridized carbons (Fsp3) is 0.940. The minimum absolute atomic E-state index is 0.0632. The van der Waals surface area contributed by atoms with Gasteiger partial charge in [-0.15, -0.1) is 0 Å². The molecule has 332 valence electrons. The number of hydrogen-bond donors (Lipinski definition) is 0. The molecular weight excluding hydrogens is 697 g/mol. The molecule has 56 heavy (non-hydrogen) atoms.